The van der Waals surface area contributed by atoms with Crippen molar-refractivity contribution in [1.29, 1.82) is 0 Å². The van der Waals surface area contributed by atoms with Crippen LogP contribution >= 0.6 is 0 Å². The minimum atomic E-state index is -0.203. The van der Waals surface area contributed by atoms with Crippen LogP contribution in [0.5, 0.6) is 5.75 Å². The fraction of sp³-hybridized carbons (Fsp3) is 0.231. The van der Waals surface area contributed by atoms with Gasteiger partial charge >= 0.3 is 0 Å². The van der Waals surface area contributed by atoms with Gasteiger partial charge in [-0.25, -0.2) is 0 Å². The first kappa shape index (κ1) is 22.9. The number of hydrogen-bond donors (Lipinski definition) is 2. The Kier molecular flexibility index (Phi) is 7.86. The summed E-state index contributed by atoms with van der Waals surface area (Å²) in [5, 5.41) is 5.79. The van der Waals surface area contributed by atoms with Gasteiger partial charge in [0.15, 0.2) is 0 Å². The van der Waals surface area contributed by atoms with E-state index in [1.54, 1.807) is 4.90 Å². The highest BCUT2D eigenvalue weighted by atomic mass is 16.5. The molecular weight excluding hydrogens is 402 g/mol. The third-order valence-corrected chi connectivity index (χ3v) is 4.85. The summed E-state index contributed by atoms with van der Waals surface area (Å²) in [5.74, 6) is 0.334. The van der Waals surface area contributed by atoms with Gasteiger partial charge in [0.1, 0.15) is 5.75 Å². The fourth-order valence-corrected chi connectivity index (χ4v) is 3.18. The second-order valence-electron chi connectivity index (χ2n) is 7.61. The number of hydrogen-bond acceptors (Lipinski definition) is 4. The van der Waals surface area contributed by atoms with Crippen molar-refractivity contribution in [3.63, 3.8) is 0 Å². The largest absolute Gasteiger partial charge is 0.494 e. The first-order chi connectivity index (χ1) is 15.4. The fourth-order valence-electron chi connectivity index (χ4n) is 3.18. The lowest BCUT2D eigenvalue weighted by Gasteiger charge is -2.24. The van der Waals surface area contributed by atoms with E-state index in [9.17, 15) is 9.59 Å². The first-order valence-electron chi connectivity index (χ1n) is 10.6. The van der Waals surface area contributed by atoms with Crippen LogP contribution in [0.25, 0.3) is 0 Å². The molecule has 0 heterocycles. The molecule has 0 aliphatic rings. The second-order valence-corrected chi connectivity index (χ2v) is 7.61. The lowest BCUT2D eigenvalue weighted by atomic mass is 10.2. The number of ether oxygens (including phenoxy) is 1. The Morgan fingerprint density at radius 2 is 1.16 bits per heavy atom. The smallest absolute Gasteiger partial charge is 0.243 e. The van der Waals surface area contributed by atoms with Crippen LogP contribution in [0.3, 0.4) is 0 Å². The number of benzene rings is 3. The summed E-state index contributed by atoms with van der Waals surface area (Å²) in [7, 11) is 0. The lowest BCUT2D eigenvalue weighted by Crippen LogP contribution is -2.39. The molecule has 3 rings (SSSR count). The zero-order chi connectivity index (χ0) is 22.9. The summed E-state index contributed by atoms with van der Waals surface area (Å²) >= 11 is 0. The van der Waals surface area contributed by atoms with Crippen LogP contribution < -0.4 is 20.3 Å². The standard InChI is InChI=1S/C26H29N3O3/c1-4-32-24-15-13-23(14-16-24)29(17-25(30)27-21-9-5-19(2)6-10-21)18-26(31)28-22-11-7-20(3)8-12-22/h5-16H,4,17-18H2,1-3H3,(H,27,30)(H,28,31). The minimum absolute atomic E-state index is 0.0309. The second kappa shape index (κ2) is 11.0. The van der Waals surface area contributed by atoms with Crippen molar-refractivity contribution in [2.75, 3.05) is 35.2 Å². The average Bonchev–Trinajstić information content (AvgIpc) is 2.77. The Labute approximate surface area is 189 Å². The van der Waals surface area contributed by atoms with E-state index in [-0.39, 0.29) is 24.9 Å². The molecule has 0 aliphatic carbocycles. The molecule has 0 spiro atoms. The molecule has 0 aromatic heterocycles. The molecule has 0 aliphatic heterocycles. The molecule has 3 aromatic carbocycles. The number of rotatable bonds is 9. The summed E-state index contributed by atoms with van der Waals surface area (Å²) in [6, 6.07) is 22.6. The van der Waals surface area contributed by atoms with Crippen molar-refractivity contribution in [2.24, 2.45) is 0 Å². The summed E-state index contributed by atoms with van der Waals surface area (Å²) in [5.41, 5.74) is 4.43. The summed E-state index contributed by atoms with van der Waals surface area (Å²) in [6.45, 7) is 6.54. The Bertz CT molecular complexity index is 968. The van der Waals surface area contributed by atoms with Gasteiger partial charge in [0.05, 0.1) is 19.7 Å². The van der Waals surface area contributed by atoms with E-state index in [0.717, 1.165) is 33.9 Å². The third-order valence-electron chi connectivity index (χ3n) is 4.85. The third kappa shape index (κ3) is 6.87. The molecule has 32 heavy (non-hydrogen) atoms. The van der Waals surface area contributed by atoms with Crippen molar-refractivity contribution in [3.05, 3.63) is 83.9 Å². The van der Waals surface area contributed by atoms with Crippen molar-refractivity contribution < 1.29 is 14.3 Å². The molecule has 0 radical (unpaired) electrons. The molecule has 0 unspecified atom stereocenters. The molecule has 0 fully saturated rings. The zero-order valence-electron chi connectivity index (χ0n) is 18.7. The van der Waals surface area contributed by atoms with Crippen molar-refractivity contribution in [3.8, 4) is 5.75 Å². The van der Waals surface area contributed by atoms with E-state index in [0.29, 0.717) is 6.61 Å². The van der Waals surface area contributed by atoms with Crippen LogP contribution in [0.4, 0.5) is 17.1 Å². The zero-order valence-corrected chi connectivity index (χ0v) is 18.7. The highest BCUT2D eigenvalue weighted by Gasteiger charge is 2.16. The molecule has 0 saturated heterocycles. The van der Waals surface area contributed by atoms with Gasteiger partial charge in [-0.15, -0.1) is 0 Å². The number of amides is 2. The Morgan fingerprint density at radius 3 is 1.56 bits per heavy atom. The molecule has 0 atom stereocenters. The SMILES string of the molecule is CCOc1ccc(N(CC(=O)Nc2ccc(C)cc2)CC(=O)Nc2ccc(C)cc2)cc1. The molecule has 166 valence electrons. The van der Waals surface area contributed by atoms with E-state index < -0.39 is 0 Å². The number of aryl methyl sites for hydroxylation is 2. The van der Waals surface area contributed by atoms with Gasteiger partial charge in [-0.3, -0.25) is 9.59 Å². The Balaban J connectivity index is 1.72. The first-order valence-corrected chi connectivity index (χ1v) is 10.6. The molecular formula is C26H29N3O3. The van der Waals surface area contributed by atoms with E-state index in [2.05, 4.69) is 10.6 Å². The van der Waals surface area contributed by atoms with Gasteiger partial charge in [0.2, 0.25) is 11.8 Å². The maximum absolute atomic E-state index is 12.7. The van der Waals surface area contributed by atoms with Gasteiger partial charge in [-0.05, 0) is 69.3 Å². The van der Waals surface area contributed by atoms with E-state index >= 15 is 0 Å². The molecule has 6 nitrogen and oxygen atoms in total. The summed E-state index contributed by atoms with van der Waals surface area (Å²) in [4.78, 5) is 27.2. The molecule has 6 heteroatoms. The van der Waals surface area contributed by atoms with Gasteiger partial charge in [0, 0.05) is 17.1 Å². The van der Waals surface area contributed by atoms with Gasteiger partial charge < -0.3 is 20.3 Å². The van der Waals surface area contributed by atoms with Crippen LogP contribution in [0.1, 0.15) is 18.1 Å². The normalized spacial score (nSPS) is 10.3. The number of nitrogens with zero attached hydrogens (tertiary/aromatic N) is 1. The van der Waals surface area contributed by atoms with Gasteiger partial charge in [0.25, 0.3) is 0 Å². The van der Waals surface area contributed by atoms with Gasteiger partial charge in [-0.2, -0.15) is 0 Å². The maximum atomic E-state index is 12.7. The topological polar surface area (TPSA) is 70.7 Å². The molecule has 3 aromatic rings. The maximum Gasteiger partial charge on any atom is 0.243 e. The Morgan fingerprint density at radius 1 is 0.719 bits per heavy atom. The molecule has 0 bridgehead atoms. The van der Waals surface area contributed by atoms with E-state index in [4.69, 9.17) is 4.74 Å². The van der Waals surface area contributed by atoms with Crippen LogP contribution in [0.15, 0.2) is 72.8 Å². The van der Waals surface area contributed by atoms with Crippen LogP contribution in [0.2, 0.25) is 0 Å². The molecule has 2 N–H and O–H groups in total. The number of nitrogens with one attached hydrogen (secondary N) is 2. The minimum Gasteiger partial charge on any atom is -0.494 e. The number of carbonyl (C=O) groups excluding carboxylic acids is 2. The predicted octanol–water partition coefficient (Wildman–Crippen LogP) is 4.79. The highest BCUT2D eigenvalue weighted by Crippen LogP contribution is 2.20. The average molecular weight is 432 g/mol. The van der Waals surface area contributed by atoms with Gasteiger partial charge in [-0.1, -0.05) is 35.4 Å². The van der Waals surface area contributed by atoms with E-state index in [1.165, 1.54) is 0 Å². The van der Waals surface area contributed by atoms with Crippen molar-refractivity contribution >= 4 is 28.9 Å². The van der Waals surface area contributed by atoms with Crippen LogP contribution in [0, 0.1) is 13.8 Å². The van der Waals surface area contributed by atoms with Crippen molar-refractivity contribution in [2.45, 2.75) is 20.8 Å². The highest BCUT2D eigenvalue weighted by molar-refractivity contribution is 5.98. The number of anilines is 3. The number of carbonyl (C=O) groups is 2. The quantitative estimate of drug-likeness (QED) is 0.511. The lowest BCUT2D eigenvalue weighted by molar-refractivity contribution is -0.115. The molecule has 2 amide bonds. The predicted molar refractivity (Wildman–Crippen MR) is 129 cm³/mol. The Hall–Kier alpha value is -3.80. The monoisotopic (exact) mass is 431 g/mol. The van der Waals surface area contributed by atoms with E-state index in [1.807, 2.05) is 93.6 Å². The molecule has 0 saturated carbocycles. The van der Waals surface area contributed by atoms with Crippen molar-refractivity contribution in [1.82, 2.24) is 0 Å². The summed E-state index contributed by atoms with van der Waals surface area (Å²) < 4.78 is 5.50. The summed E-state index contributed by atoms with van der Waals surface area (Å²) in [6.07, 6.45) is 0. The van der Waals surface area contributed by atoms with Crippen LogP contribution in [-0.4, -0.2) is 31.5 Å². The van der Waals surface area contributed by atoms with Crippen LogP contribution in [-0.2, 0) is 9.59 Å².